The van der Waals surface area contributed by atoms with Gasteiger partial charge in [-0.15, -0.1) is 5.10 Å². The van der Waals surface area contributed by atoms with Crippen molar-refractivity contribution in [3.8, 4) is 0 Å². The molecule has 0 spiro atoms. The Balaban J connectivity index is 1.73. The lowest BCUT2D eigenvalue weighted by molar-refractivity contribution is -0.127. The first-order valence-corrected chi connectivity index (χ1v) is 11.1. The predicted octanol–water partition coefficient (Wildman–Crippen LogP) is 3.86. The Bertz CT molecular complexity index is 848. The van der Waals surface area contributed by atoms with E-state index >= 15 is 0 Å². The van der Waals surface area contributed by atoms with Gasteiger partial charge >= 0.3 is 0 Å². The molecule has 1 unspecified atom stereocenters. The molecule has 4 rings (SSSR count). The van der Waals surface area contributed by atoms with Gasteiger partial charge in [-0.2, -0.15) is 0 Å². The molecule has 8 heteroatoms. The lowest BCUT2D eigenvalue weighted by atomic mass is 9.99. The summed E-state index contributed by atoms with van der Waals surface area (Å²) in [6, 6.07) is 5.18. The molecule has 1 aromatic heterocycles. The number of hydrogen-bond acceptors (Lipinski definition) is 5. The molecule has 1 heterocycles. The third-order valence-corrected chi connectivity index (χ3v) is 6.46. The van der Waals surface area contributed by atoms with E-state index in [1.165, 1.54) is 6.07 Å². The maximum absolute atomic E-state index is 14.8. The van der Waals surface area contributed by atoms with Crippen LogP contribution in [0.4, 0.5) is 4.39 Å². The van der Waals surface area contributed by atoms with Crippen molar-refractivity contribution >= 4 is 23.3 Å². The molecular weight excluding hydrogens is 391 g/mol. The van der Waals surface area contributed by atoms with Gasteiger partial charge in [0.15, 0.2) is 5.69 Å². The van der Waals surface area contributed by atoms with Crippen molar-refractivity contribution in [1.82, 2.24) is 19.8 Å². The largest absolute Gasteiger partial charge is 0.351 e. The monoisotopic (exact) mass is 416 g/mol. The Hall–Kier alpha value is -2.35. The van der Waals surface area contributed by atoms with E-state index in [-0.39, 0.29) is 35.2 Å². The van der Waals surface area contributed by atoms with Crippen LogP contribution in [0.15, 0.2) is 29.6 Å². The zero-order valence-corrected chi connectivity index (χ0v) is 17.0. The van der Waals surface area contributed by atoms with Gasteiger partial charge in [0.25, 0.3) is 5.91 Å². The maximum Gasteiger partial charge on any atom is 0.276 e. The minimum atomic E-state index is -1.02. The molecule has 154 valence electrons. The van der Waals surface area contributed by atoms with Crippen molar-refractivity contribution < 1.29 is 14.0 Å². The lowest BCUT2D eigenvalue weighted by Gasteiger charge is -2.36. The number of benzene rings is 1. The molecule has 1 N–H and O–H groups in total. The highest BCUT2D eigenvalue weighted by Crippen LogP contribution is 2.34. The van der Waals surface area contributed by atoms with Crippen molar-refractivity contribution in [3.05, 3.63) is 46.7 Å². The molecule has 0 saturated heterocycles. The van der Waals surface area contributed by atoms with E-state index in [1.807, 2.05) is 0 Å². The number of carbonyl (C=O) groups excluding carboxylic acids is 2. The third-order valence-electron chi connectivity index (χ3n) is 5.96. The second-order valence-electron chi connectivity index (χ2n) is 7.85. The van der Waals surface area contributed by atoms with Crippen molar-refractivity contribution in [2.24, 2.45) is 0 Å². The zero-order chi connectivity index (χ0) is 20.2. The Labute approximate surface area is 173 Å². The minimum Gasteiger partial charge on any atom is -0.351 e. The third kappa shape index (κ3) is 4.32. The molecule has 1 aromatic carbocycles. The second-order valence-corrected chi connectivity index (χ2v) is 8.46. The Morgan fingerprint density at radius 1 is 1.10 bits per heavy atom. The fraction of sp³-hybridized carbons (Fsp3) is 0.524. The van der Waals surface area contributed by atoms with Crippen molar-refractivity contribution in [2.45, 2.75) is 69.5 Å². The summed E-state index contributed by atoms with van der Waals surface area (Å²) in [5.41, 5.74) is 0.434. The normalized spacial score (nSPS) is 18.7. The highest BCUT2D eigenvalue weighted by Gasteiger charge is 2.40. The standard InChI is InChI=1S/C21H25FN4O2S/c22-17-12-6-5-11-16(17)19(20(27)23-14-7-1-2-8-14)26(15-9-3-4-10-15)21(28)18-13-29-25-24-18/h5-6,11-15,19H,1-4,7-10H2,(H,23,27). The van der Waals surface area contributed by atoms with Crippen LogP contribution >= 0.6 is 11.5 Å². The first-order valence-electron chi connectivity index (χ1n) is 10.3. The van der Waals surface area contributed by atoms with Crippen LogP contribution in [0.1, 0.15) is 73.5 Å². The summed E-state index contributed by atoms with van der Waals surface area (Å²) in [4.78, 5) is 28.4. The van der Waals surface area contributed by atoms with E-state index in [4.69, 9.17) is 0 Å². The fourth-order valence-electron chi connectivity index (χ4n) is 4.53. The summed E-state index contributed by atoms with van der Waals surface area (Å²) < 4.78 is 18.6. The van der Waals surface area contributed by atoms with E-state index in [0.29, 0.717) is 0 Å². The van der Waals surface area contributed by atoms with E-state index in [1.54, 1.807) is 28.5 Å². The number of carbonyl (C=O) groups is 2. The Morgan fingerprint density at radius 2 is 1.79 bits per heavy atom. The maximum atomic E-state index is 14.8. The van der Waals surface area contributed by atoms with Gasteiger partial charge in [-0.05, 0) is 43.3 Å². The summed E-state index contributed by atoms with van der Waals surface area (Å²) in [5, 5.41) is 8.58. The molecule has 2 fully saturated rings. The summed E-state index contributed by atoms with van der Waals surface area (Å²) >= 11 is 1.09. The first-order chi connectivity index (χ1) is 14.1. The van der Waals surface area contributed by atoms with Crippen molar-refractivity contribution in [3.63, 3.8) is 0 Å². The minimum absolute atomic E-state index is 0.0817. The molecule has 2 aliphatic carbocycles. The van der Waals surface area contributed by atoms with Crippen molar-refractivity contribution in [1.29, 1.82) is 0 Å². The molecule has 2 aliphatic rings. The molecule has 0 aliphatic heterocycles. The van der Waals surface area contributed by atoms with Gasteiger partial charge in [-0.25, -0.2) is 4.39 Å². The van der Waals surface area contributed by atoms with E-state index in [0.717, 1.165) is 62.9 Å². The quantitative estimate of drug-likeness (QED) is 0.776. The number of nitrogens with one attached hydrogen (secondary N) is 1. The van der Waals surface area contributed by atoms with Crippen LogP contribution in [0, 0.1) is 5.82 Å². The van der Waals surface area contributed by atoms with Crippen LogP contribution < -0.4 is 5.32 Å². The number of amides is 2. The van der Waals surface area contributed by atoms with Crippen LogP contribution in [0.5, 0.6) is 0 Å². The van der Waals surface area contributed by atoms with E-state index in [9.17, 15) is 14.0 Å². The molecule has 2 saturated carbocycles. The van der Waals surface area contributed by atoms with Crippen LogP contribution in [-0.4, -0.2) is 38.4 Å². The zero-order valence-electron chi connectivity index (χ0n) is 16.2. The molecule has 2 amide bonds. The number of halogens is 1. The molecular formula is C21H25FN4O2S. The molecule has 2 aromatic rings. The summed E-state index contributed by atoms with van der Waals surface area (Å²) in [5.74, 6) is -1.16. The SMILES string of the molecule is O=C(NC1CCCC1)C(c1ccccc1F)N(C(=O)c1csnn1)C1CCCC1. The number of hydrogen-bond donors (Lipinski definition) is 1. The summed E-state index contributed by atoms with van der Waals surface area (Å²) in [6.45, 7) is 0. The topological polar surface area (TPSA) is 75.2 Å². The fourth-order valence-corrected chi connectivity index (χ4v) is 4.96. The van der Waals surface area contributed by atoms with Crippen LogP contribution in [0.25, 0.3) is 0 Å². The Kier molecular flexibility index (Phi) is 6.18. The van der Waals surface area contributed by atoms with E-state index < -0.39 is 11.9 Å². The van der Waals surface area contributed by atoms with Gasteiger partial charge in [-0.1, -0.05) is 48.4 Å². The van der Waals surface area contributed by atoms with Crippen LogP contribution in [0.2, 0.25) is 0 Å². The van der Waals surface area contributed by atoms with Gasteiger partial charge in [0.2, 0.25) is 5.91 Å². The first kappa shape index (κ1) is 19.9. The number of aromatic nitrogens is 2. The number of nitrogens with zero attached hydrogens (tertiary/aromatic N) is 3. The van der Waals surface area contributed by atoms with Crippen molar-refractivity contribution in [2.75, 3.05) is 0 Å². The average Bonchev–Trinajstić information content (AvgIpc) is 3.49. The van der Waals surface area contributed by atoms with Gasteiger partial charge in [-0.3, -0.25) is 9.59 Å². The molecule has 0 radical (unpaired) electrons. The molecule has 29 heavy (non-hydrogen) atoms. The summed E-state index contributed by atoms with van der Waals surface area (Å²) in [7, 11) is 0. The highest BCUT2D eigenvalue weighted by atomic mass is 32.1. The Morgan fingerprint density at radius 3 is 2.45 bits per heavy atom. The molecule has 0 bridgehead atoms. The smallest absolute Gasteiger partial charge is 0.276 e. The summed E-state index contributed by atoms with van der Waals surface area (Å²) in [6.07, 6.45) is 7.55. The number of rotatable bonds is 6. The van der Waals surface area contributed by atoms with E-state index in [2.05, 4.69) is 14.9 Å². The predicted molar refractivity (Wildman–Crippen MR) is 108 cm³/mol. The average molecular weight is 417 g/mol. The lowest BCUT2D eigenvalue weighted by Crippen LogP contribution is -2.50. The van der Waals surface area contributed by atoms with Gasteiger partial charge in [0.05, 0.1) is 0 Å². The second kappa shape index (κ2) is 8.98. The molecule has 1 atom stereocenters. The van der Waals surface area contributed by atoms with Crippen LogP contribution in [0.3, 0.4) is 0 Å². The molecule has 6 nitrogen and oxygen atoms in total. The van der Waals surface area contributed by atoms with Gasteiger partial charge in [0.1, 0.15) is 11.9 Å². The van der Waals surface area contributed by atoms with Gasteiger partial charge < -0.3 is 10.2 Å². The van der Waals surface area contributed by atoms with Crippen LogP contribution in [-0.2, 0) is 4.79 Å². The van der Waals surface area contributed by atoms with Gasteiger partial charge in [0, 0.05) is 23.0 Å². The highest BCUT2D eigenvalue weighted by molar-refractivity contribution is 7.03.